The molecule has 4 rings (SSSR count). The van der Waals surface area contributed by atoms with Gasteiger partial charge in [0.05, 0.1) is 36.1 Å². The minimum Gasteiger partial charge on any atom is -0.374 e. The van der Waals surface area contributed by atoms with Crippen LogP contribution in [0.1, 0.15) is 38.6 Å². The van der Waals surface area contributed by atoms with E-state index in [9.17, 15) is 4.79 Å². The molecule has 122 valence electrons. The van der Waals surface area contributed by atoms with Gasteiger partial charge < -0.3 is 14.2 Å². The highest BCUT2D eigenvalue weighted by molar-refractivity contribution is 5.84. The molecule has 2 heterocycles. The van der Waals surface area contributed by atoms with Crippen molar-refractivity contribution in [1.82, 2.24) is 14.5 Å². The second kappa shape index (κ2) is 5.96. The molecule has 5 heteroatoms. The number of morpholine rings is 1. The van der Waals surface area contributed by atoms with Gasteiger partial charge >= 0.3 is 0 Å². The molecule has 1 saturated carbocycles. The maximum Gasteiger partial charge on any atom is 0.245 e. The number of imidazole rings is 1. The summed E-state index contributed by atoms with van der Waals surface area (Å²) in [5.41, 5.74) is 1.95. The fraction of sp³-hybridized carbons (Fsp3) is 0.556. The molecule has 2 aromatic rings. The highest BCUT2D eigenvalue weighted by Gasteiger charge is 2.38. The summed E-state index contributed by atoms with van der Waals surface area (Å²) in [7, 11) is 0. The van der Waals surface area contributed by atoms with Gasteiger partial charge in [0.1, 0.15) is 6.04 Å². The van der Waals surface area contributed by atoms with E-state index in [-0.39, 0.29) is 24.1 Å². The summed E-state index contributed by atoms with van der Waals surface area (Å²) in [4.78, 5) is 19.6. The van der Waals surface area contributed by atoms with Gasteiger partial charge in [-0.05, 0) is 31.9 Å². The van der Waals surface area contributed by atoms with Crippen LogP contribution in [0.3, 0.4) is 0 Å². The lowest BCUT2D eigenvalue weighted by atomic mass is 9.90. The van der Waals surface area contributed by atoms with Crippen molar-refractivity contribution in [2.45, 2.75) is 50.8 Å². The molecule has 1 saturated heterocycles. The lowest BCUT2D eigenvalue weighted by molar-refractivity contribution is -0.152. The number of para-hydroxylation sites is 2. The minimum atomic E-state index is -0.233. The molecular formula is C18H23N3O2. The number of aromatic nitrogens is 2. The van der Waals surface area contributed by atoms with E-state index in [1.807, 2.05) is 35.8 Å². The average Bonchev–Trinajstić information content (AvgIpc) is 3.04. The fourth-order valence-electron chi connectivity index (χ4n) is 4.02. The molecule has 1 aromatic carbocycles. The number of amides is 1. The van der Waals surface area contributed by atoms with Gasteiger partial charge in [0.15, 0.2) is 0 Å². The van der Waals surface area contributed by atoms with E-state index in [1.165, 1.54) is 12.8 Å². The van der Waals surface area contributed by atoms with Gasteiger partial charge in [-0.25, -0.2) is 4.98 Å². The zero-order chi connectivity index (χ0) is 15.8. The first kappa shape index (κ1) is 14.7. The quantitative estimate of drug-likeness (QED) is 0.856. The summed E-state index contributed by atoms with van der Waals surface area (Å²) in [6.07, 6.45) is 6.56. The third kappa shape index (κ3) is 2.53. The maximum absolute atomic E-state index is 13.1. The summed E-state index contributed by atoms with van der Waals surface area (Å²) < 4.78 is 7.88. The molecule has 23 heavy (non-hydrogen) atoms. The van der Waals surface area contributed by atoms with Gasteiger partial charge in [0.25, 0.3) is 0 Å². The lowest BCUT2D eigenvalue weighted by Gasteiger charge is -2.44. The monoisotopic (exact) mass is 313 g/mol. The molecule has 1 amide bonds. The Morgan fingerprint density at radius 3 is 3.04 bits per heavy atom. The molecule has 1 aliphatic carbocycles. The van der Waals surface area contributed by atoms with Crippen molar-refractivity contribution in [2.24, 2.45) is 0 Å². The van der Waals surface area contributed by atoms with Crippen molar-refractivity contribution < 1.29 is 9.53 Å². The van der Waals surface area contributed by atoms with Crippen molar-refractivity contribution in [2.75, 3.05) is 13.2 Å². The Kier molecular flexibility index (Phi) is 3.81. The third-order valence-electron chi connectivity index (χ3n) is 5.27. The molecule has 3 atom stereocenters. The first-order valence-electron chi connectivity index (χ1n) is 8.59. The van der Waals surface area contributed by atoms with Crippen LogP contribution in [-0.4, -0.2) is 45.7 Å². The van der Waals surface area contributed by atoms with Gasteiger partial charge in [0, 0.05) is 6.54 Å². The Hall–Kier alpha value is -1.88. The van der Waals surface area contributed by atoms with Gasteiger partial charge in [-0.1, -0.05) is 25.0 Å². The minimum absolute atomic E-state index is 0.188. The SMILES string of the molecule is CC(C(=O)N1CCOC2CCCCC21)n1cnc2ccccc21. The number of fused-ring (bicyclic) bond motifs is 2. The number of nitrogens with zero attached hydrogens (tertiary/aromatic N) is 3. The molecule has 1 aromatic heterocycles. The van der Waals surface area contributed by atoms with Crippen LogP contribution >= 0.6 is 0 Å². The van der Waals surface area contributed by atoms with Crippen LogP contribution in [0.25, 0.3) is 11.0 Å². The normalized spacial score (nSPS) is 26.0. The highest BCUT2D eigenvalue weighted by Crippen LogP contribution is 2.30. The number of carbonyl (C=O) groups excluding carboxylic acids is 1. The molecule has 1 aliphatic heterocycles. The summed E-state index contributed by atoms with van der Waals surface area (Å²) in [5, 5.41) is 0. The fourth-order valence-corrected chi connectivity index (χ4v) is 4.02. The molecule has 3 unspecified atom stereocenters. The van der Waals surface area contributed by atoms with E-state index in [0.717, 1.165) is 23.9 Å². The van der Waals surface area contributed by atoms with Crippen LogP contribution in [-0.2, 0) is 9.53 Å². The summed E-state index contributed by atoms with van der Waals surface area (Å²) >= 11 is 0. The molecular weight excluding hydrogens is 290 g/mol. The number of rotatable bonds is 2. The Labute approximate surface area is 136 Å². The number of benzene rings is 1. The third-order valence-corrected chi connectivity index (χ3v) is 5.27. The van der Waals surface area contributed by atoms with Gasteiger partial charge in [-0.15, -0.1) is 0 Å². The van der Waals surface area contributed by atoms with Crippen molar-refractivity contribution in [3.05, 3.63) is 30.6 Å². The van der Waals surface area contributed by atoms with Crippen LogP contribution in [0.5, 0.6) is 0 Å². The first-order chi connectivity index (χ1) is 11.3. The largest absolute Gasteiger partial charge is 0.374 e. The number of hydrogen-bond donors (Lipinski definition) is 0. The van der Waals surface area contributed by atoms with Crippen LogP contribution in [0.4, 0.5) is 0 Å². The summed E-state index contributed by atoms with van der Waals surface area (Å²) in [6.45, 7) is 3.34. The molecule has 2 aliphatic rings. The first-order valence-corrected chi connectivity index (χ1v) is 8.59. The molecule has 0 bridgehead atoms. The summed E-state index contributed by atoms with van der Waals surface area (Å²) in [5.74, 6) is 0.188. The second-order valence-corrected chi connectivity index (χ2v) is 6.61. The topological polar surface area (TPSA) is 47.4 Å². The smallest absolute Gasteiger partial charge is 0.245 e. The van der Waals surface area contributed by atoms with Crippen LogP contribution in [0.2, 0.25) is 0 Å². The van der Waals surface area contributed by atoms with E-state index in [2.05, 4.69) is 9.88 Å². The average molecular weight is 313 g/mol. The molecule has 0 radical (unpaired) electrons. The van der Waals surface area contributed by atoms with Gasteiger partial charge in [-0.2, -0.15) is 0 Å². The molecule has 5 nitrogen and oxygen atoms in total. The van der Waals surface area contributed by atoms with E-state index < -0.39 is 0 Å². The molecule has 2 fully saturated rings. The van der Waals surface area contributed by atoms with E-state index in [1.54, 1.807) is 6.33 Å². The van der Waals surface area contributed by atoms with Crippen molar-refractivity contribution in [3.8, 4) is 0 Å². The number of hydrogen-bond acceptors (Lipinski definition) is 3. The van der Waals surface area contributed by atoms with Gasteiger partial charge in [0.2, 0.25) is 5.91 Å². The van der Waals surface area contributed by atoms with Crippen LogP contribution in [0, 0.1) is 0 Å². The van der Waals surface area contributed by atoms with E-state index >= 15 is 0 Å². The predicted molar refractivity (Wildman–Crippen MR) is 88.2 cm³/mol. The highest BCUT2D eigenvalue weighted by atomic mass is 16.5. The zero-order valence-electron chi connectivity index (χ0n) is 13.5. The molecule has 0 N–H and O–H groups in total. The number of carbonyl (C=O) groups is 1. The Morgan fingerprint density at radius 1 is 1.30 bits per heavy atom. The van der Waals surface area contributed by atoms with E-state index in [4.69, 9.17) is 4.74 Å². The maximum atomic E-state index is 13.1. The molecule has 0 spiro atoms. The van der Waals surface area contributed by atoms with Crippen molar-refractivity contribution >= 4 is 16.9 Å². The second-order valence-electron chi connectivity index (χ2n) is 6.61. The Balaban J connectivity index is 1.60. The van der Waals surface area contributed by atoms with Crippen molar-refractivity contribution in [1.29, 1.82) is 0 Å². The van der Waals surface area contributed by atoms with E-state index in [0.29, 0.717) is 13.2 Å². The van der Waals surface area contributed by atoms with Crippen molar-refractivity contribution in [3.63, 3.8) is 0 Å². The standard InChI is InChI=1S/C18H23N3O2/c1-13(21-12-19-14-6-2-3-7-15(14)21)18(22)20-10-11-23-17-9-5-4-8-16(17)20/h2-3,6-7,12-13,16-17H,4-5,8-11H2,1H3. The summed E-state index contributed by atoms with van der Waals surface area (Å²) in [6, 6.07) is 7.99. The lowest BCUT2D eigenvalue weighted by Crippen LogP contribution is -2.56. The number of ether oxygens (including phenoxy) is 1. The Bertz CT molecular complexity index is 709. The zero-order valence-corrected chi connectivity index (χ0v) is 13.5. The Morgan fingerprint density at radius 2 is 2.13 bits per heavy atom. The van der Waals surface area contributed by atoms with Crippen LogP contribution in [0.15, 0.2) is 30.6 Å². The van der Waals surface area contributed by atoms with Gasteiger partial charge in [-0.3, -0.25) is 4.79 Å². The predicted octanol–water partition coefficient (Wildman–Crippen LogP) is 2.77. The van der Waals surface area contributed by atoms with Crippen LogP contribution < -0.4 is 0 Å².